The Morgan fingerprint density at radius 1 is 1.16 bits per heavy atom. The van der Waals surface area contributed by atoms with Crippen LogP contribution in [0.5, 0.6) is 5.75 Å². The number of hydrogen-bond donors (Lipinski definition) is 2. The van der Waals surface area contributed by atoms with Gasteiger partial charge in [-0.05, 0) is 35.2 Å². The molecule has 134 valence electrons. The molecule has 0 bridgehead atoms. The molecule has 3 rings (SSSR count). The molecule has 6 heteroatoms. The van der Waals surface area contributed by atoms with Gasteiger partial charge in [-0.2, -0.15) is 0 Å². The quantitative estimate of drug-likeness (QED) is 0.826. The topological polar surface area (TPSA) is 75.6 Å². The molecule has 0 spiro atoms. The van der Waals surface area contributed by atoms with E-state index in [1.165, 1.54) is 7.11 Å². The van der Waals surface area contributed by atoms with Crippen LogP contribution < -0.4 is 9.46 Å². The number of methoxy groups -OCH3 is 1. The second kappa shape index (κ2) is 6.78. The zero-order valence-electron chi connectivity index (χ0n) is 14.5. The molecule has 0 aromatic heterocycles. The van der Waals surface area contributed by atoms with Gasteiger partial charge in [0.2, 0.25) is 10.0 Å². The lowest BCUT2D eigenvalue weighted by molar-refractivity contribution is 0.0567. The van der Waals surface area contributed by atoms with Crippen molar-refractivity contribution in [3.8, 4) is 5.75 Å². The van der Waals surface area contributed by atoms with Crippen LogP contribution in [0.1, 0.15) is 23.6 Å². The standard InChI is InChI=1S/C19H23NO4S/c1-3-14-8-9-17(24-2)18(10-14)25(22,23)20-13-19(21)11-15-6-4-5-7-16(15)12-19/h4-10,20-21H,3,11-13H2,1-2H3. The third-order valence-corrected chi connectivity index (χ3v) is 6.10. The first-order chi connectivity index (χ1) is 11.9. The summed E-state index contributed by atoms with van der Waals surface area (Å²) in [4.78, 5) is 0.105. The van der Waals surface area contributed by atoms with Crippen LogP contribution in [0.2, 0.25) is 0 Å². The molecular weight excluding hydrogens is 338 g/mol. The van der Waals surface area contributed by atoms with E-state index in [-0.39, 0.29) is 11.4 Å². The second-order valence-electron chi connectivity index (χ2n) is 6.51. The maximum Gasteiger partial charge on any atom is 0.244 e. The Morgan fingerprint density at radius 3 is 2.36 bits per heavy atom. The highest BCUT2D eigenvalue weighted by atomic mass is 32.2. The Hall–Kier alpha value is -1.89. The molecule has 0 radical (unpaired) electrons. The Bertz CT molecular complexity index is 852. The monoisotopic (exact) mass is 361 g/mol. The van der Waals surface area contributed by atoms with Crippen LogP contribution in [0.3, 0.4) is 0 Å². The van der Waals surface area contributed by atoms with Crippen molar-refractivity contribution in [3.05, 3.63) is 59.2 Å². The van der Waals surface area contributed by atoms with Crippen molar-refractivity contribution in [1.29, 1.82) is 0 Å². The Kier molecular flexibility index (Phi) is 4.86. The number of nitrogens with one attached hydrogen (secondary N) is 1. The van der Waals surface area contributed by atoms with Gasteiger partial charge in [-0.15, -0.1) is 0 Å². The lowest BCUT2D eigenvalue weighted by Gasteiger charge is -2.23. The molecule has 0 fully saturated rings. The molecule has 0 saturated carbocycles. The maximum atomic E-state index is 12.7. The molecule has 0 amide bonds. The molecule has 1 aliphatic rings. The van der Waals surface area contributed by atoms with Crippen LogP contribution in [0, 0.1) is 0 Å². The summed E-state index contributed by atoms with van der Waals surface area (Å²) < 4.78 is 33.3. The zero-order chi connectivity index (χ0) is 18.1. The average Bonchev–Trinajstić information content (AvgIpc) is 2.96. The van der Waals surface area contributed by atoms with Crippen molar-refractivity contribution in [2.75, 3.05) is 13.7 Å². The highest BCUT2D eigenvalue weighted by Crippen LogP contribution is 2.30. The molecule has 25 heavy (non-hydrogen) atoms. The smallest absolute Gasteiger partial charge is 0.244 e. The van der Waals surface area contributed by atoms with Gasteiger partial charge in [-0.25, -0.2) is 13.1 Å². The normalized spacial score (nSPS) is 15.8. The molecule has 5 nitrogen and oxygen atoms in total. The predicted octanol–water partition coefficient (Wildman–Crippen LogP) is 2.07. The molecule has 2 aromatic carbocycles. The Morgan fingerprint density at radius 2 is 1.80 bits per heavy atom. The van der Waals surface area contributed by atoms with Crippen molar-refractivity contribution in [2.24, 2.45) is 0 Å². The molecule has 0 unspecified atom stereocenters. The van der Waals surface area contributed by atoms with Gasteiger partial charge in [-0.3, -0.25) is 0 Å². The molecule has 1 aliphatic carbocycles. The number of sulfonamides is 1. The summed E-state index contributed by atoms with van der Waals surface area (Å²) in [5.41, 5.74) is 1.93. The number of rotatable bonds is 6. The van der Waals surface area contributed by atoms with Crippen LogP contribution in [-0.4, -0.2) is 32.8 Å². The number of benzene rings is 2. The first-order valence-electron chi connectivity index (χ1n) is 8.32. The lowest BCUT2D eigenvalue weighted by Crippen LogP contribution is -2.43. The van der Waals surface area contributed by atoms with Crippen molar-refractivity contribution < 1.29 is 18.3 Å². The third kappa shape index (κ3) is 3.71. The third-order valence-electron chi connectivity index (χ3n) is 4.67. The predicted molar refractivity (Wildman–Crippen MR) is 96.4 cm³/mol. The van der Waals surface area contributed by atoms with Gasteiger partial charge < -0.3 is 9.84 Å². The van der Waals surface area contributed by atoms with Gasteiger partial charge in [0, 0.05) is 19.4 Å². The second-order valence-corrected chi connectivity index (χ2v) is 8.25. The molecule has 0 aliphatic heterocycles. The number of hydrogen-bond acceptors (Lipinski definition) is 4. The summed E-state index contributed by atoms with van der Waals surface area (Å²) in [5, 5.41) is 10.8. The van der Waals surface area contributed by atoms with E-state index in [0.717, 1.165) is 23.1 Å². The summed E-state index contributed by atoms with van der Waals surface area (Å²) in [5.74, 6) is 0.298. The van der Waals surface area contributed by atoms with Crippen molar-refractivity contribution >= 4 is 10.0 Å². The Balaban J connectivity index is 1.79. The first-order valence-corrected chi connectivity index (χ1v) is 9.81. The first kappa shape index (κ1) is 17.9. The van der Waals surface area contributed by atoms with Gasteiger partial charge in [-0.1, -0.05) is 37.3 Å². The van der Waals surface area contributed by atoms with E-state index in [0.29, 0.717) is 18.6 Å². The number of ether oxygens (including phenoxy) is 1. The van der Waals surface area contributed by atoms with Crippen molar-refractivity contribution in [1.82, 2.24) is 4.72 Å². The molecule has 0 atom stereocenters. The highest BCUT2D eigenvalue weighted by Gasteiger charge is 2.36. The lowest BCUT2D eigenvalue weighted by atomic mass is 10.0. The fourth-order valence-corrected chi connectivity index (χ4v) is 4.59. The van der Waals surface area contributed by atoms with E-state index in [9.17, 15) is 13.5 Å². The van der Waals surface area contributed by atoms with Crippen LogP contribution >= 0.6 is 0 Å². The van der Waals surface area contributed by atoms with E-state index in [1.807, 2.05) is 37.3 Å². The van der Waals surface area contributed by atoms with Crippen molar-refractivity contribution in [2.45, 2.75) is 36.7 Å². The number of fused-ring (bicyclic) bond motifs is 1. The molecule has 2 aromatic rings. The minimum absolute atomic E-state index is 0.0382. The van der Waals surface area contributed by atoms with Crippen LogP contribution in [0.25, 0.3) is 0 Å². The number of aryl methyl sites for hydroxylation is 1. The van der Waals surface area contributed by atoms with Crippen LogP contribution in [-0.2, 0) is 29.3 Å². The fraction of sp³-hybridized carbons (Fsp3) is 0.368. The fourth-order valence-electron chi connectivity index (χ4n) is 3.26. The molecule has 0 saturated heterocycles. The Labute approximate surface area is 148 Å². The molecule has 2 N–H and O–H groups in total. The average molecular weight is 361 g/mol. The van der Waals surface area contributed by atoms with Crippen LogP contribution in [0.15, 0.2) is 47.4 Å². The maximum absolute atomic E-state index is 12.7. The van der Waals surface area contributed by atoms with E-state index in [4.69, 9.17) is 4.74 Å². The number of aliphatic hydroxyl groups is 1. The van der Waals surface area contributed by atoms with E-state index in [2.05, 4.69) is 4.72 Å². The van der Waals surface area contributed by atoms with Gasteiger partial charge >= 0.3 is 0 Å². The minimum atomic E-state index is -3.78. The zero-order valence-corrected chi connectivity index (χ0v) is 15.3. The largest absolute Gasteiger partial charge is 0.495 e. The van der Waals surface area contributed by atoms with E-state index in [1.54, 1.807) is 12.1 Å². The summed E-state index contributed by atoms with van der Waals surface area (Å²) in [6, 6.07) is 12.9. The summed E-state index contributed by atoms with van der Waals surface area (Å²) in [7, 11) is -2.34. The van der Waals surface area contributed by atoms with Gasteiger partial charge in [0.15, 0.2) is 0 Å². The van der Waals surface area contributed by atoms with Gasteiger partial charge in [0.25, 0.3) is 0 Å². The van der Waals surface area contributed by atoms with Gasteiger partial charge in [0.1, 0.15) is 10.6 Å². The SMILES string of the molecule is CCc1ccc(OC)c(S(=O)(=O)NCC2(O)Cc3ccccc3C2)c1. The van der Waals surface area contributed by atoms with E-state index < -0.39 is 15.6 Å². The van der Waals surface area contributed by atoms with Gasteiger partial charge in [0.05, 0.1) is 12.7 Å². The summed E-state index contributed by atoms with van der Waals surface area (Å²) >= 11 is 0. The molecule has 0 heterocycles. The molecular formula is C19H23NO4S. The van der Waals surface area contributed by atoms with Crippen molar-refractivity contribution in [3.63, 3.8) is 0 Å². The summed E-state index contributed by atoms with van der Waals surface area (Å²) in [6.45, 7) is 1.92. The van der Waals surface area contributed by atoms with Crippen LogP contribution in [0.4, 0.5) is 0 Å². The minimum Gasteiger partial charge on any atom is -0.495 e. The van der Waals surface area contributed by atoms with E-state index >= 15 is 0 Å². The highest BCUT2D eigenvalue weighted by molar-refractivity contribution is 7.89. The summed E-state index contributed by atoms with van der Waals surface area (Å²) in [6.07, 6.45) is 1.61.